The zero-order valence-corrected chi connectivity index (χ0v) is 12.7. The van der Waals surface area contributed by atoms with Crippen LogP contribution in [0, 0.1) is 17.0 Å². The summed E-state index contributed by atoms with van der Waals surface area (Å²) in [5, 5.41) is 14.6. The summed E-state index contributed by atoms with van der Waals surface area (Å²) in [6, 6.07) is 3.63. The summed E-state index contributed by atoms with van der Waals surface area (Å²) < 4.78 is 24.2. The van der Waals surface area contributed by atoms with Crippen LogP contribution in [0.1, 0.15) is 31.2 Å². The predicted molar refractivity (Wildman–Crippen MR) is 79.1 cm³/mol. The maximum atomic E-state index is 12.1. The van der Waals surface area contributed by atoms with Gasteiger partial charge in [0, 0.05) is 30.2 Å². The van der Waals surface area contributed by atoms with Gasteiger partial charge in [0.1, 0.15) is 5.78 Å². The molecular weight excluding hydrogens is 310 g/mol. The highest BCUT2D eigenvalue weighted by molar-refractivity contribution is 7.89. The minimum absolute atomic E-state index is 0.0233. The summed E-state index contributed by atoms with van der Waals surface area (Å²) in [6.07, 6.45) is 1.82. The summed E-state index contributed by atoms with van der Waals surface area (Å²) in [5.41, 5.74) is 0.568. The van der Waals surface area contributed by atoms with Crippen molar-refractivity contribution in [3.05, 3.63) is 33.9 Å². The van der Waals surface area contributed by atoms with Crippen LogP contribution in [0.25, 0.3) is 0 Å². The third kappa shape index (κ3) is 3.67. The molecule has 0 amide bonds. The Labute approximate surface area is 127 Å². The number of hydrogen-bond donors (Lipinski definition) is 1. The lowest BCUT2D eigenvalue weighted by molar-refractivity contribution is -0.385. The first-order valence-electron chi connectivity index (χ1n) is 6.63. The van der Waals surface area contributed by atoms with Crippen molar-refractivity contribution in [2.45, 2.75) is 37.5 Å². The molecule has 1 N–H and O–H groups in total. The summed E-state index contributed by atoms with van der Waals surface area (Å²) in [4.78, 5) is 23.3. The number of rotatable bonds is 4. The number of nitro groups is 1. The molecule has 1 aliphatic carbocycles. The predicted octanol–water partition coefficient (Wildman–Crippen LogP) is 1.68. The van der Waals surface area contributed by atoms with E-state index in [1.807, 2.05) is 4.83 Å². The average molecular weight is 325 g/mol. The van der Waals surface area contributed by atoms with Gasteiger partial charge in [-0.05, 0) is 25.8 Å². The van der Waals surface area contributed by atoms with Crippen LogP contribution in [0.15, 0.2) is 28.2 Å². The van der Waals surface area contributed by atoms with Gasteiger partial charge >= 0.3 is 0 Å². The van der Waals surface area contributed by atoms with Crippen LogP contribution in [-0.2, 0) is 14.8 Å². The number of sulfonamides is 1. The Hall–Kier alpha value is -2.29. The molecule has 1 aliphatic rings. The minimum atomic E-state index is -4.00. The van der Waals surface area contributed by atoms with Gasteiger partial charge in [-0.3, -0.25) is 14.9 Å². The molecule has 0 aromatic heterocycles. The van der Waals surface area contributed by atoms with Crippen LogP contribution in [0.4, 0.5) is 5.69 Å². The third-order valence-corrected chi connectivity index (χ3v) is 4.54. The molecule has 0 aliphatic heterocycles. The second kappa shape index (κ2) is 6.22. The molecule has 0 saturated heterocycles. The van der Waals surface area contributed by atoms with Gasteiger partial charge in [-0.1, -0.05) is 6.07 Å². The first kappa shape index (κ1) is 16.1. The van der Waals surface area contributed by atoms with Crippen LogP contribution in [0.3, 0.4) is 0 Å². The number of carbonyl (C=O) groups excluding carboxylic acids is 1. The molecule has 1 aromatic carbocycles. The highest BCUT2D eigenvalue weighted by Crippen LogP contribution is 2.22. The minimum Gasteiger partial charge on any atom is -0.299 e. The molecule has 0 atom stereocenters. The van der Waals surface area contributed by atoms with Crippen molar-refractivity contribution < 1.29 is 18.1 Å². The Morgan fingerprint density at radius 2 is 2.05 bits per heavy atom. The van der Waals surface area contributed by atoms with Gasteiger partial charge in [0.2, 0.25) is 0 Å². The van der Waals surface area contributed by atoms with E-state index in [2.05, 4.69) is 5.10 Å². The molecule has 0 radical (unpaired) electrons. The Balaban J connectivity index is 2.23. The molecular formula is C13H15N3O5S. The molecule has 22 heavy (non-hydrogen) atoms. The lowest BCUT2D eigenvalue weighted by atomic mass is 9.97. The van der Waals surface area contributed by atoms with Crippen LogP contribution in [0.5, 0.6) is 0 Å². The van der Waals surface area contributed by atoms with Gasteiger partial charge in [0.25, 0.3) is 15.7 Å². The van der Waals surface area contributed by atoms with Crippen molar-refractivity contribution >= 4 is 27.2 Å². The Kier molecular flexibility index (Phi) is 4.55. The topological polar surface area (TPSA) is 119 Å². The number of hydrogen-bond acceptors (Lipinski definition) is 6. The quantitative estimate of drug-likeness (QED) is 0.667. The van der Waals surface area contributed by atoms with Crippen LogP contribution in [0.2, 0.25) is 0 Å². The molecule has 9 heteroatoms. The summed E-state index contributed by atoms with van der Waals surface area (Å²) >= 11 is 0. The Morgan fingerprint density at radius 3 is 2.68 bits per heavy atom. The number of nitrogens with one attached hydrogen (secondary N) is 1. The van der Waals surface area contributed by atoms with Crippen molar-refractivity contribution in [1.29, 1.82) is 0 Å². The highest BCUT2D eigenvalue weighted by Gasteiger charge is 2.20. The number of nitrogens with zero attached hydrogens (tertiary/aromatic N) is 2. The number of nitro benzene ring substituents is 1. The highest BCUT2D eigenvalue weighted by atomic mass is 32.2. The molecule has 1 saturated carbocycles. The van der Waals surface area contributed by atoms with Crippen molar-refractivity contribution in [3.8, 4) is 0 Å². The SMILES string of the molecule is Cc1ccc(S(=O)(=O)N/N=C2/CCCC(=O)C2)cc1[N+](=O)[O-]. The number of aryl methyl sites for hydroxylation is 1. The summed E-state index contributed by atoms with van der Waals surface area (Å²) in [7, 11) is -4.00. The number of carbonyl (C=O) groups is 1. The second-order valence-electron chi connectivity index (χ2n) is 5.05. The standard InChI is InChI=1S/C13H15N3O5S/c1-9-5-6-12(8-13(9)16(18)19)22(20,21)15-14-10-3-2-4-11(17)7-10/h5-6,8,15H,2-4,7H2,1H3/b14-10-. The summed E-state index contributed by atoms with van der Waals surface area (Å²) in [5.74, 6) is 0.0233. The smallest absolute Gasteiger partial charge is 0.276 e. The third-order valence-electron chi connectivity index (χ3n) is 3.33. The maximum absolute atomic E-state index is 12.1. The van der Waals surface area contributed by atoms with E-state index in [1.165, 1.54) is 19.1 Å². The summed E-state index contributed by atoms with van der Waals surface area (Å²) in [6.45, 7) is 1.52. The van der Waals surface area contributed by atoms with E-state index in [1.54, 1.807) is 0 Å². The average Bonchev–Trinajstić information content (AvgIpc) is 2.45. The number of benzene rings is 1. The Bertz CT molecular complexity index is 755. The Morgan fingerprint density at radius 1 is 1.32 bits per heavy atom. The molecule has 118 valence electrons. The van der Waals surface area contributed by atoms with Gasteiger partial charge in [0.05, 0.1) is 9.82 Å². The van der Waals surface area contributed by atoms with E-state index in [9.17, 15) is 23.3 Å². The fourth-order valence-corrected chi connectivity index (χ4v) is 2.99. The number of ketones is 1. The number of Topliss-reactive ketones (excluding diaryl/α,β-unsaturated/α-hetero) is 1. The van der Waals surface area contributed by atoms with Crippen LogP contribution < -0.4 is 4.83 Å². The van der Waals surface area contributed by atoms with E-state index in [-0.39, 0.29) is 22.8 Å². The van der Waals surface area contributed by atoms with Gasteiger partial charge < -0.3 is 0 Å². The van der Waals surface area contributed by atoms with Crippen LogP contribution >= 0.6 is 0 Å². The van der Waals surface area contributed by atoms with Crippen molar-refractivity contribution in [3.63, 3.8) is 0 Å². The molecule has 0 bridgehead atoms. The molecule has 2 rings (SSSR count). The van der Waals surface area contributed by atoms with Crippen LogP contribution in [-0.4, -0.2) is 24.8 Å². The molecule has 0 spiro atoms. The molecule has 8 nitrogen and oxygen atoms in total. The van der Waals surface area contributed by atoms with Gasteiger partial charge in [-0.2, -0.15) is 13.5 Å². The van der Waals surface area contributed by atoms with E-state index in [4.69, 9.17) is 0 Å². The van der Waals surface area contributed by atoms with E-state index in [0.29, 0.717) is 30.5 Å². The lowest BCUT2D eigenvalue weighted by Gasteiger charge is -2.12. The molecule has 0 heterocycles. The first-order chi connectivity index (χ1) is 10.3. The normalized spacial score (nSPS) is 17.5. The monoisotopic (exact) mass is 325 g/mol. The first-order valence-corrected chi connectivity index (χ1v) is 8.12. The van der Waals surface area contributed by atoms with E-state index < -0.39 is 14.9 Å². The largest absolute Gasteiger partial charge is 0.299 e. The zero-order valence-electron chi connectivity index (χ0n) is 11.9. The van der Waals surface area contributed by atoms with Crippen molar-refractivity contribution in [2.24, 2.45) is 5.10 Å². The number of hydrazone groups is 1. The molecule has 0 unspecified atom stereocenters. The fraction of sp³-hybridized carbons (Fsp3) is 0.385. The molecule has 1 fully saturated rings. The van der Waals surface area contributed by atoms with Gasteiger partial charge in [-0.15, -0.1) is 0 Å². The van der Waals surface area contributed by atoms with Crippen molar-refractivity contribution in [2.75, 3.05) is 0 Å². The van der Waals surface area contributed by atoms with Gasteiger partial charge in [-0.25, -0.2) is 4.83 Å². The van der Waals surface area contributed by atoms with Gasteiger partial charge in [0.15, 0.2) is 0 Å². The van der Waals surface area contributed by atoms with E-state index >= 15 is 0 Å². The van der Waals surface area contributed by atoms with E-state index in [0.717, 1.165) is 6.07 Å². The zero-order chi connectivity index (χ0) is 16.3. The lowest BCUT2D eigenvalue weighted by Crippen LogP contribution is -2.23. The fourth-order valence-electron chi connectivity index (χ4n) is 2.12. The second-order valence-corrected chi connectivity index (χ2v) is 6.71. The maximum Gasteiger partial charge on any atom is 0.276 e. The van der Waals surface area contributed by atoms with Crippen molar-refractivity contribution in [1.82, 2.24) is 4.83 Å². The molecule has 1 aromatic rings.